The zero-order chi connectivity index (χ0) is 17.3. The summed E-state index contributed by atoms with van der Waals surface area (Å²) < 4.78 is 10.4. The maximum atomic E-state index is 12.7. The summed E-state index contributed by atoms with van der Waals surface area (Å²) in [4.78, 5) is 23.1. The van der Waals surface area contributed by atoms with Crippen molar-refractivity contribution >= 4 is 28.5 Å². The van der Waals surface area contributed by atoms with Gasteiger partial charge in [0, 0.05) is 11.6 Å². The third-order valence-corrected chi connectivity index (χ3v) is 3.65. The molecule has 6 nitrogen and oxygen atoms in total. The smallest absolute Gasteiger partial charge is 0.202 e. The minimum absolute atomic E-state index is 0.0480. The van der Waals surface area contributed by atoms with E-state index in [0.29, 0.717) is 5.56 Å². The van der Waals surface area contributed by atoms with E-state index in [4.69, 9.17) is 20.8 Å². The number of carbonyl (C=O) groups excluding carboxylic acids is 1. The van der Waals surface area contributed by atoms with Crippen LogP contribution in [0.1, 0.15) is 0 Å². The van der Waals surface area contributed by atoms with Gasteiger partial charge in [-0.15, -0.1) is 0 Å². The van der Waals surface area contributed by atoms with Crippen LogP contribution in [0, 0.1) is 0 Å². The van der Waals surface area contributed by atoms with Gasteiger partial charge in [-0.3, -0.25) is 4.79 Å². The third kappa shape index (κ3) is 2.91. The van der Waals surface area contributed by atoms with E-state index in [1.165, 1.54) is 24.5 Å². The van der Waals surface area contributed by atoms with E-state index in [2.05, 4.69) is 0 Å². The average Bonchev–Trinajstić information content (AvgIpc) is 2.54. The van der Waals surface area contributed by atoms with E-state index in [9.17, 15) is 19.8 Å². The Hall–Kier alpha value is -2.99. The quantitative estimate of drug-likeness (QED) is 0.775. The molecule has 122 valence electrons. The second-order valence-corrected chi connectivity index (χ2v) is 5.34. The van der Waals surface area contributed by atoms with Gasteiger partial charge in [0.05, 0.1) is 21.9 Å². The number of halogens is 1. The van der Waals surface area contributed by atoms with E-state index < -0.39 is 18.0 Å². The number of hydrogen-bond acceptors (Lipinski definition) is 6. The minimum atomic E-state index is -1.39. The highest BCUT2D eigenvalue weighted by molar-refractivity contribution is 6.35. The Morgan fingerprint density at radius 3 is 2.71 bits per heavy atom. The number of carbonyl (C=O) groups is 1. The second kappa shape index (κ2) is 6.25. The molecule has 1 heterocycles. The third-order valence-electron chi connectivity index (χ3n) is 3.35. The minimum Gasteiger partial charge on any atom is -0.546 e. The lowest BCUT2D eigenvalue weighted by molar-refractivity contribution is -0.307. The maximum Gasteiger partial charge on any atom is 0.202 e. The Bertz CT molecular complexity index is 992. The number of aliphatic carboxylic acids is 1. The fourth-order valence-corrected chi connectivity index (χ4v) is 2.58. The highest BCUT2D eigenvalue weighted by atomic mass is 35.5. The molecule has 0 saturated carbocycles. The van der Waals surface area contributed by atoms with Crippen molar-refractivity contribution in [3.63, 3.8) is 0 Å². The zero-order valence-electron chi connectivity index (χ0n) is 12.1. The van der Waals surface area contributed by atoms with Gasteiger partial charge in [-0.1, -0.05) is 29.8 Å². The number of hydrogen-bond donors (Lipinski definition) is 1. The van der Waals surface area contributed by atoms with Crippen molar-refractivity contribution in [1.29, 1.82) is 0 Å². The summed E-state index contributed by atoms with van der Waals surface area (Å²) in [5.41, 5.74) is 0.196. The Kier molecular flexibility index (Phi) is 4.14. The zero-order valence-corrected chi connectivity index (χ0v) is 12.9. The number of benzene rings is 2. The SMILES string of the molecule is O=C([O-])COc1cc(Cl)c2c(=O)c(-c3ccccc3O)coc2c1. The van der Waals surface area contributed by atoms with Gasteiger partial charge in [-0.05, 0) is 12.1 Å². The summed E-state index contributed by atoms with van der Waals surface area (Å²) in [6, 6.07) is 9.03. The number of phenolic OH excluding ortho intramolecular Hbond substituents is 1. The normalized spacial score (nSPS) is 10.7. The second-order valence-electron chi connectivity index (χ2n) is 4.93. The largest absolute Gasteiger partial charge is 0.546 e. The molecule has 0 aliphatic rings. The first-order valence-corrected chi connectivity index (χ1v) is 7.21. The number of rotatable bonds is 4. The molecule has 3 aromatic rings. The Balaban J connectivity index is 2.15. The van der Waals surface area contributed by atoms with Crippen LogP contribution in [0.2, 0.25) is 5.02 Å². The molecular formula is C17H10ClO6-. The van der Waals surface area contributed by atoms with E-state index >= 15 is 0 Å². The molecule has 0 radical (unpaired) electrons. The maximum absolute atomic E-state index is 12.7. The molecule has 2 aromatic carbocycles. The van der Waals surface area contributed by atoms with Crippen LogP contribution in [0.5, 0.6) is 11.5 Å². The highest BCUT2D eigenvalue weighted by Gasteiger charge is 2.15. The van der Waals surface area contributed by atoms with Gasteiger partial charge < -0.3 is 24.2 Å². The van der Waals surface area contributed by atoms with E-state index in [1.54, 1.807) is 18.2 Å². The predicted molar refractivity (Wildman–Crippen MR) is 85.1 cm³/mol. The molecular weight excluding hydrogens is 336 g/mol. The van der Waals surface area contributed by atoms with Gasteiger partial charge in [0.2, 0.25) is 5.43 Å². The number of carboxylic acid groups (broad SMARTS) is 1. The Labute approximate surface area is 140 Å². The van der Waals surface area contributed by atoms with Crippen LogP contribution in [-0.2, 0) is 4.79 Å². The molecule has 0 aliphatic carbocycles. The lowest BCUT2D eigenvalue weighted by atomic mass is 10.0. The Morgan fingerprint density at radius 1 is 1.25 bits per heavy atom. The van der Waals surface area contributed by atoms with Crippen molar-refractivity contribution in [3.8, 4) is 22.6 Å². The number of ether oxygens (including phenoxy) is 1. The molecule has 0 saturated heterocycles. The van der Waals surface area contributed by atoms with Crippen LogP contribution in [0.25, 0.3) is 22.1 Å². The first-order valence-electron chi connectivity index (χ1n) is 6.83. The molecule has 7 heteroatoms. The first-order chi connectivity index (χ1) is 11.5. The number of fused-ring (bicyclic) bond motifs is 1. The van der Waals surface area contributed by atoms with Crippen molar-refractivity contribution in [3.05, 3.63) is 57.9 Å². The number of aromatic hydroxyl groups is 1. The fourth-order valence-electron chi connectivity index (χ4n) is 2.29. The highest BCUT2D eigenvalue weighted by Crippen LogP contribution is 2.31. The summed E-state index contributed by atoms with van der Waals surface area (Å²) in [5.74, 6) is -1.31. The fraction of sp³-hybridized carbons (Fsp3) is 0.0588. The van der Waals surface area contributed by atoms with Gasteiger partial charge in [0.25, 0.3) is 0 Å². The van der Waals surface area contributed by atoms with Crippen LogP contribution in [0.4, 0.5) is 0 Å². The molecule has 1 aromatic heterocycles. The van der Waals surface area contributed by atoms with Crippen LogP contribution < -0.4 is 15.3 Å². The molecule has 0 atom stereocenters. The summed E-state index contributed by atoms with van der Waals surface area (Å²) in [7, 11) is 0. The topological polar surface area (TPSA) is 99.8 Å². The number of phenols is 1. The van der Waals surface area contributed by atoms with Crippen molar-refractivity contribution in [2.24, 2.45) is 0 Å². The molecule has 0 aliphatic heterocycles. The van der Waals surface area contributed by atoms with E-state index in [-0.39, 0.29) is 33.1 Å². The summed E-state index contributed by atoms with van der Waals surface area (Å²) in [6.45, 7) is -0.651. The van der Waals surface area contributed by atoms with Gasteiger partial charge in [0.15, 0.2) is 0 Å². The van der Waals surface area contributed by atoms with Gasteiger partial charge in [-0.2, -0.15) is 0 Å². The molecule has 3 rings (SSSR count). The Morgan fingerprint density at radius 2 is 2.00 bits per heavy atom. The average molecular weight is 346 g/mol. The van der Waals surface area contributed by atoms with Crippen molar-refractivity contribution in [1.82, 2.24) is 0 Å². The summed E-state index contributed by atoms with van der Waals surface area (Å²) in [6.07, 6.45) is 1.21. The molecule has 24 heavy (non-hydrogen) atoms. The van der Waals surface area contributed by atoms with Crippen molar-refractivity contribution in [2.75, 3.05) is 6.61 Å². The molecule has 0 fully saturated rings. The lowest BCUT2D eigenvalue weighted by Crippen LogP contribution is -2.28. The number of para-hydroxylation sites is 1. The van der Waals surface area contributed by atoms with Gasteiger partial charge >= 0.3 is 0 Å². The predicted octanol–water partition coefficient (Wildman–Crippen LogP) is 1.95. The van der Waals surface area contributed by atoms with Crippen LogP contribution >= 0.6 is 11.6 Å². The van der Waals surface area contributed by atoms with Crippen molar-refractivity contribution in [2.45, 2.75) is 0 Å². The van der Waals surface area contributed by atoms with Crippen LogP contribution in [0.15, 0.2) is 51.9 Å². The summed E-state index contributed by atoms with van der Waals surface area (Å²) in [5, 5.41) is 20.5. The van der Waals surface area contributed by atoms with Crippen molar-refractivity contribution < 1.29 is 24.2 Å². The molecule has 0 bridgehead atoms. The molecule has 0 amide bonds. The molecule has 0 spiro atoms. The monoisotopic (exact) mass is 345 g/mol. The number of carboxylic acids is 1. The van der Waals surface area contributed by atoms with Gasteiger partial charge in [-0.25, -0.2) is 0 Å². The van der Waals surface area contributed by atoms with Crippen LogP contribution in [-0.4, -0.2) is 17.7 Å². The lowest BCUT2D eigenvalue weighted by Gasteiger charge is -2.09. The molecule has 1 N–H and O–H groups in total. The van der Waals surface area contributed by atoms with Gasteiger partial charge in [0.1, 0.15) is 30.0 Å². The van der Waals surface area contributed by atoms with E-state index in [0.717, 1.165) is 0 Å². The van der Waals surface area contributed by atoms with E-state index in [1.807, 2.05) is 0 Å². The first kappa shape index (κ1) is 15.9. The standard InChI is InChI=1S/C17H11ClO6/c18-12-5-9(23-8-15(20)21)6-14-16(12)17(22)11(7-24-14)10-3-1-2-4-13(10)19/h1-7,19H,8H2,(H,20,21)/p-1. The summed E-state index contributed by atoms with van der Waals surface area (Å²) >= 11 is 6.12. The van der Waals surface area contributed by atoms with Crippen LogP contribution in [0.3, 0.4) is 0 Å². The molecule has 0 unspecified atom stereocenters.